The number of aliphatic hydroxyl groups excluding tert-OH is 2. The third-order valence-electron chi connectivity index (χ3n) is 13.7. The minimum absolute atomic E-state index is 0.0154. The second kappa shape index (κ2) is 13.3. The summed E-state index contributed by atoms with van der Waals surface area (Å²) in [6.45, 7) is 15.3. The summed E-state index contributed by atoms with van der Waals surface area (Å²) in [5.41, 5.74) is 1.17. The van der Waals surface area contributed by atoms with E-state index in [1.54, 1.807) is 20.8 Å². The Kier molecular flexibility index (Phi) is 10.2. The van der Waals surface area contributed by atoms with E-state index in [1.807, 2.05) is 0 Å². The number of fused-ring (bicyclic) bond motifs is 5. The van der Waals surface area contributed by atoms with Crippen molar-refractivity contribution in [2.75, 3.05) is 6.79 Å². The number of carbonyl (C=O) groups excluding carboxylic acids is 3. The Hall–Kier alpha value is -2.19. The van der Waals surface area contributed by atoms with E-state index in [1.165, 1.54) is 25.3 Å². The monoisotopic (exact) mass is 656 g/mol. The molecule has 0 bridgehead atoms. The highest BCUT2D eigenvalue weighted by Crippen LogP contribution is 2.74. The van der Waals surface area contributed by atoms with Crippen LogP contribution in [0.4, 0.5) is 0 Å². The van der Waals surface area contributed by atoms with Crippen LogP contribution >= 0.6 is 0 Å². The number of rotatable bonds is 7. The van der Waals surface area contributed by atoms with Crippen LogP contribution in [0, 0.1) is 45.3 Å². The van der Waals surface area contributed by atoms with Crippen LogP contribution < -0.4 is 0 Å². The zero-order valence-electron chi connectivity index (χ0n) is 30.2. The zero-order chi connectivity index (χ0) is 34.5. The third kappa shape index (κ3) is 6.47. The molecule has 0 amide bonds. The van der Waals surface area contributed by atoms with Gasteiger partial charge in [-0.05, 0) is 143 Å². The Balaban J connectivity index is 1.54. The van der Waals surface area contributed by atoms with Gasteiger partial charge >= 0.3 is 17.9 Å². The Bertz CT molecular complexity index is 1280. The quantitative estimate of drug-likeness (QED) is 0.128. The first-order chi connectivity index (χ1) is 21.9. The molecule has 0 spiro atoms. The normalized spacial score (nSPS) is 40.9. The van der Waals surface area contributed by atoms with E-state index in [4.69, 9.17) is 14.2 Å². The lowest BCUT2D eigenvalue weighted by molar-refractivity contribution is -0.234. The molecule has 0 aliphatic heterocycles. The molecule has 0 unspecified atom stereocenters. The van der Waals surface area contributed by atoms with E-state index >= 15 is 0 Å². The van der Waals surface area contributed by atoms with Crippen molar-refractivity contribution in [1.29, 1.82) is 0 Å². The predicted octanol–water partition coefficient (Wildman–Crippen LogP) is 7.21. The maximum atomic E-state index is 14.0. The van der Waals surface area contributed by atoms with Gasteiger partial charge in [0.1, 0.15) is 6.10 Å². The smallest absolute Gasteiger partial charge is 0.336 e. The highest BCUT2D eigenvalue weighted by atomic mass is 16.7. The molecule has 0 aromatic rings. The molecule has 5 fully saturated rings. The molecule has 264 valence electrons. The average Bonchev–Trinajstić information content (AvgIpc) is 3.59. The molecule has 0 aromatic carbocycles. The highest BCUT2D eigenvalue weighted by molar-refractivity contribution is 5.90. The second-order valence-corrected chi connectivity index (χ2v) is 17.4. The van der Waals surface area contributed by atoms with Gasteiger partial charge in [-0.25, -0.2) is 4.79 Å². The van der Waals surface area contributed by atoms with Crippen LogP contribution in [-0.2, 0) is 28.6 Å². The van der Waals surface area contributed by atoms with Gasteiger partial charge in [-0.1, -0.05) is 39.3 Å². The minimum atomic E-state index is -0.733. The highest BCUT2D eigenvalue weighted by Gasteiger charge is 2.70. The number of esters is 3. The van der Waals surface area contributed by atoms with E-state index in [0.717, 1.165) is 44.1 Å². The SMILES string of the molecule is CC(=O)O[C@H]1C[C@@]2(C)[C@@H](C[C@@H](O)[C@H]3[C@@]4(C)CC[C@@H](O)[C@@H](C)[C@@H]4CC[C@@]32C)/C1=C(\CCC=C1CCCC1)C(=O)OCOC(=O)C(C)(C)C. The van der Waals surface area contributed by atoms with Crippen LogP contribution in [0.5, 0.6) is 0 Å². The van der Waals surface area contributed by atoms with Gasteiger partial charge in [0.25, 0.3) is 0 Å². The van der Waals surface area contributed by atoms with E-state index in [-0.39, 0.29) is 40.1 Å². The molecular weight excluding hydrogens is 596 g/mol. The maximum Gasteiger partial charge on any atom is 0.336 e. The van der Waals surface area contributed by atoms with Crippen LogP contribution in [0.2, 0.25) is 0 Å². The lowest BCUT2D eigenvalue weighted by Crippen LogP contribution is -2.65. The number of aliphatic hydroxyl groups is 2. The topological polar surface area (TPSA) is 119 Å². The van der Waals surface area contributed by atoms with E-state index in [0.29, 0.717) is 37.2 Å². The molecule has 0 radical (unpaired) electrons. The molecule has 47 heavy (non-hydrogen) atoms. The van der Waals surface area contributed by atoms with E-state index in [2.05, 4.69) is 33.8 Å². The summed E-state index contributed by atoms with van der Waals surface area (Å²) in [7, 11) is 0. The molecule has 0 heterocycles. The van der Waals surface area contributed by atoms with Gasteiger partial charge in [0.05, 0.1) is 17.6 Å². The number of allylic oxidation sites excluding steroid dienone is 2. The lowest BCUT2D eigenvalue weighted by atomic mass is 9.36. The van der Waals surface area contributed by atoms with Crippen molar-refractivity contribution in [3.05, 3.63) is 22.8 Å². The van der Waals surface area contributed by atoms with Gasteiger partial charge < -0.3 is 24.4 Å². The maximum absolute atomic E-state index is 14.0. The van der Waals surface area contributed by atoms with Crippen LogP contribution in [-0.4, -0.2) is 53.2 Å². The van der Waals surface area contributed by atoms with Crippen molar-refractivity contribution in [2.24, 2.45) is 45.3 Å². The van der Waals surface area contributed by atoms with Crippen LogP contribution in [0.3, 0.4) is 0 Å². The number of hydrogen-bond acceptors (Lipinski definition) is 8. The van der Waals surface area contributed by atoms with Crippen molar-refractivity contribution in [3.8, 4) is 0 Å². The lowest BCUT2D eigenvalue weighted by Gasteiger charge is -2.69. The molecule has 5 rings (SSSR count). The first-order valence-electron chi connectivity index (χ1n) is 18.2. The van der Waals surface area contributed by atoms with Crippen LogP contribution in [0.15, 0.2) is 22.8 Å². The van der Waals surface area contributed by atoms with Crippen molar-refractivity contribution >= 4 is 17.9 Å². The summed E-state index contributed by atoms with van der Waals surface area (Å²) in [5, 5.41) is 23.0. The molecule has 0 saturated heterocycles. The van der Waals surface area contributed by atoms with Crippen molar-refractivity contribution in [3.63, 3.8) is 0 Å². The van der Waals surface area contributed by atoms with Gasteiger partial charge in [-0.3, -0.25) is 9.59 Å². The Morgan fingerprint density at radius 1 is 0.957 bits per heavy atom. The van der Waals surface area contributed by atoms with E-state index in [9.17, 15) is 24.6 Å². The fraction of sp³-hybridized carbons (Fsp3) is 0.821. The molecule has 10 atom stereocenters. The summed E-state index contributed by atoms with van der Waals surface area (Å²) < 4.78 is 17.0. The van der Waals surface area contributed by atoms with Crippen molar-refractivity contribution in [1.82, 2.24) is 0 Å². The summed E-state index contributed by atoms with van der Waals surface area (Å²) >= 11 is 0. The minimum Gasteiger partial charge on any atom is -0.458 e. The predicted molar refractivity (Wildman–Crippen MR) is 179 cm³/mol. The molecular formula is C39H60O8. The van der Waals surface area contributed by atoms with Gasteiger partial charge in [0, 0.05) is 12.5 Å². The van der Waals surface area contributed by atoms with Crippen molar-refractivity contribution in [2.45, 2.75) is 151 Å². The average molecular weight is 657 g/mol. The van der Waals surface area contributed by atoms with Gasteiger partial charge in [-0.15, -0.1) is 0 Å². The zero-order valence-corrected chi connectivity index (χ0v) is 30.2. The Morgan fingerprint density at radius 3 is 2.28 bits per heavy atom. The van der Waals surface area contributed by atoms with E-state index < -0.39 is 42.3 Å². The first kappa shape index (κ1) is 36.1. The molecule has 8 nitrogen and oxygen atoms in total. The fourth-order valence-corrected chi connectivity index (χ4v) is 11.2. The van der Waals surface area contributed by atoms with Gasteiger partial charge in [-0.2, -0.15) is 0 Å². The standard InChI is InChI=1S/C39H60O8/c1-23-27-16-19-38(7)33(37(27,6)18-17-29(23)41)30(42)20-28-32(31(47-24(2)40)21-39(28,38)8)26(15-11-14-25-12-9-10-13-25)34(43)45-22-46-35(44)36(3,4)5/h14,23,27-31,33,41-42H,9-13,15-22H2,1-8H3/b32-26-/t23-,27-,28-,29+,30+,31-,33-,37-,38-,39-/m0/s1. The fourth-order valence-electron chi connectivity index (χ4n) is 11.2. The number of hydrogen-bond donors (Lipinski definition) is 2. The Labute approximate surface area is 282 Å². The molecule has 0 aromatic heterocycles. The summed E-state index contributed by atoms with van der Waals surface area (Å²) in [6.07, 6.45) is 10.8. The number of carbonyl (C=O) groups is 3. The van der Waals surface area contributed by atoms with Gasteiger partial charge in [0.15, 0.2) is 0 Å². The molecule has 5 aliphatic carbocycles. The molecule has 5 aliphatic rings. The van der Waals surface area contributed by atoms with Crippen LogP contribution in [0.25, 0.3) is 0 Å². The van der Waals surface area contributed by atoms with Crippen molar-refractivity contribution < 1.29 is 38.8 Å². The molecule has 2 N–H and O–H groups in total. The summed E-state index contributed by atoms with van der Waals surface area (Å²) in [6, 6.07) is 0. The second-order valence-electron chi connectivity index (χ2n) is 17.4. The van der Waals surface area contributed by atoms with Gasteiger partial charge in [0.2, 0.25) is 6.79 Å². The van der Waals surface area contributed by atoms with Crippen LogP contribution in [0.1, 0.15) is 132 Å². The summed E-state index contributed by atoms with van der Waals surface area (Å²) in [5.74, 6) is -1.09. The molecule has 8 heteroatoms. The Morgan fingerprint density at radius 2 is 1.64 bits per heavy atom. The third-order valence-corrected chi connectivity index (χ3v) is 13.7. The molecule has 5 saturated carbocycles. The first-order valence-corrected chi connectivity index (χ1v) is 18.2. The number of ether oxygens (including phenoxy) is 3. The largest absolute Gasteiger partial charge is 0.458 e. The summed E-state index contributed by atoms with van der Waals surface area (Å²) in [4.78, 5) is 39.1.